The highest BCUT2D eigenvalue weighted by molar-refractivity contribution is 8.13. The Kier molecular flexibility index (Phi) is 16.5. The summed E-state index contributed by atoms with van der Waals surface area (Å²) in [6, 6.07) is 0. The molecule has 1 rings (SSSR count). The summed E-state index contributed by atoms with van der Waals surface area (Å²) in [4.78, 5) is 11.9. The topological polar surface area (TPSA) is 53.1 Å². The normalized spacial score (nSPS) is 10.7. The number of amidine groups is 1. The van der Waals surface area contributed by atoms with Crippen molar-refractivity contribution in [2.75, 3.05) is 25.1 Å². The smallest absolute Gasteiger partial charge is 0.156 e. The molecule has 0 bridgehead atoms. The van der Waals surface area contributed by atoms with E-state index in [-0.39, 0.29) is 24.8 Å². The monoisotopic (exact) mass is 372 g/mol. The Labute approximate surface area is 149 Å². The van der Waals surface area contributed by atoms with Crippen LogP contribution in [0.25, 0.3) is 0 Å². The van der Waals surface area contributed by atoms with E-state index in [1.165, 1.54) is 18.5 Å². The number of unbranched alkanes of at least 4 members (excludes halogenated alkanes) is 1. The van der Waals surface area contributed by atoms with Crippen LogP contribution in [-0.2, 0) is 5.75 Å². The highest BCUT2D eigenvalue weighted by atomic mass is 35.5. The largest absolute Gasteiger partial charge is 0.364 e. The zero-order valence-corrected chi connectivity index (χ0v) is 16.1. The van der Waals surface area contributed by atoms with Crippen LogP contribution in [0.2, 0.25) is 0 Å². The van der Waals surface area contributed by atoms with Gasteiger partial charge in [0.1, 0.15) is 0 Å². The third-order valence-electron chi connectivity index (χ3n) is 2.66. The van der Waals surface area contributed by atoms with E-state index in [0.29, 0.717) is 0 Å². The SMILES string of the molecule is CCCCN=C(NCCSCc1nc[nH]c1C)SC.Cl.Cl. The van der Waals surface area contributed by atoms with Gasteiger partial charge in [0, 0.05) is 30.3 Å². The van der Waals surface area contributed by atoms with Crippen LogP contribution in [0.15, 0.2) is 11.3 Å². The Morgan fingerprint density at radius 2 is 2.19 bits per heavy atom. The molecule has 0 aliphatic carbocycles. The minimum atomic E-state index is 0. The Hall–Kier alpha value is -0.0400. The number of rotatable bonds is 8. The van der Waals surface area contributed by atoms with Gasteiger partial charge in [-0.15, -0.1) is 24.8 Å². The summed E-state index contributed by atoms with van der Waals surface area (Å²) < 4.78 is 0. The van der Waals surface area contributed by atoms with E-state index in [0.717, 1.165) is 35.5 Å². The van der Waals surface area contributed by atoms with E-state index in [1.807, 2.05) is 11.8 Å². The van der Waals surface area contributed by atoms with Crippen LogP contribution in [0, 0.1) is 6.92 Å². The molecule has 124 valence electrons. The summed E-state index contributed by atoms with van der Waals surface area (Å²) >= 11 is 3.59. The first-order valence-corrected chi connectivity index (χ1v) is 9.04. The minimum absolute atomic E-state index is 0. The van der Waals surface area contributed by atoms with Crippen LogP contribution in [0.4, 0.5) is 0 Å². The molecule has 1 aromatic heterocycles. The fourth-order valence-electron chi connectivity index (χ4n) is 1.46. The van der Waals surface area contributed by atoms with Crippen molar-refractivity contribution in [3.05, 3.63) is 17.7 Å². The van der Waals surface area contributed by atoms with Gasteiger partial charge in [0.15, 0.2) is 5.17 Å². The Bertz CT molecular complexity index is 386. The number of aromatic nitrogens is 2. The van der Waals surface area contributed by atoms with Crippen molar-refractivity contribution in [1.29, 1.82) is 0 Å². The van der Waals surface area contributed by atoms with Gasteiger partial charge in [0.2, 0.25) is 0 Å². The third kappa shape index (κ3) is 10.3. The molecule has 0 amide bonds. The molecule has 1 heterocycles. The van der Waals surface area contributed by atoms with Gasteiger partial charge in [-0.1, -0.05) is 25.1 Å². The number of halogens is 2. The lowest BCUT2D eigenvalue weighted by atomic mass is 10.3. The zero-order chi connectivity index (χ0) is 13.9. The standard InChI is InChI=1S/C13H24N4S2.2ClH/c1-4-5-6-14-13(18-3)15-7-8-19-9-12-11(2)16-10-17-12;;/h10H,4-9H2,1-3H3,(H,14,15)(H,16,17);2*1H. The Morgan fingerprint density at radius 1 is 1.43 bits per heavy atom. The number of hydrogen-bond donors (Lipinski definition) is 2. The second kappa shape index (κ2) is 14.9. The van der Waals surface area contributed by atoms with E-state index < -0.39 is 0 Å². The third-order valence-corrected chi connectivity index (χ3v) is 4.29. The molecule has 0 aromatic carbocycles. The molecule has 0 aliphatic rings. The molecule has 0 fully saturated rings. The van der Waals surface area contributed by atoms with Gasteiger partial charge >= 0.3 is 0 Å². The maximum absolute atomic E-state index is 4.54. The predicted octanol–water partition coefficient (Wildman–Crippen LogP) is 3.90. The average molecular weight is 373 g/mol. The van der Waals surface area contributed by atoms with Crippen LogP contribution in [0.5, 0.6) is 0 Å². The molecular weight excluding hydrogens is 347 g/mol. The molecule has 0 spiro atoms. The highest BCUT2D eigenvalue weighted by Crippen LogP contribution is 2.11. The number of aliphatic imine (C=N–C) groups is 1. The van der Waals surface area contributed by atoms with Gasteiger partial charge in [-0.25, -0.2) is 4.98 Å². The molecule has 0 radical (unpaired) electrons. The fourth-order valence-corrected chi connectivity index (χ4v) is 2.80. The van der Waals surface area contributed by atoms with Gasteiger partial charge in [-0.05, 0) is 19.6 Å². The summed E-state index contributed by atoms with van der Waals surface area (Å²) in [6.45, 7) is 6.14. The molecule has 0 saturated carbocycles. The highest BCUT2D eigenvalue weighted by Gasteiger charge is 2.01. The molecule has 0 aliphatic heterocycles. The second-order valence-electron chi connectivity index (χ2n) is 4.20. The van der Waals surface area contributed by atoms with E-state index in [2.05, 4.69) is 40.4 Å². The number of hydrogen-bond acceptors (Lipinski definition) is 4. The van der Waals surface area contributed by atoms with Crippen molar-refractivity contribution < 1.29 is 0 Å². The summed E-state index contributed by atoms with van der Waals surface area (Å²) in [5, 5.41) is 4.45. The predicted molar refractivity (Wildman–Crippen MR) is 103 cm³/mol. The summed E-state index contributed by atoms with van der Waals surface area (Å²) in [5.74, 6) is 2.04. The molecule has 0 unspecified atom stereocenters. The molecule has 0 atom stereocenters. The number of imidazole rings is 1. The van der Waals surface area contributed by atoms with Gasteiger partial charge in [0.05, 0.1) is 12.0 Å². The lowest BCUT2D eigenvalue weighted by molar-refractivity contribution is 0.804. The number of nitrogens with one attached hydrogen (secondary N) is 2. The second-order valence-corrected chi connectivity index (χ2v) is 6.10. The maximum atomic E-state index is 4.54. The number of H-pyrrole nitrogens is 1. The van der Waals surface area contributed by atoms with Gasteiger partial charge in [-0.3, -0.25) is 4.99 Å². The fraction of sp³-hybridized carbons (Fsp3) is 0.692. The first-order chi connectivity index (χ1) is 9.27. The van der Waals surface area contributed by atoms with Crippen molar-refractivity contribution in [2.24, 2.45) is 4.99 Å². The number of aryl methyl sites for hydroxylation is 1. The Balaban J connectivity index is 0. The number of thioether (sulfide) groups is 2. The van der Waals surface area contributed by atoms with Crippen molar-refractivity contribution in [3.8, 4) is 0 Å². The van der Waals surface area contributed by atoms with Crippen LogP contribution in [0.1, 0.15) is 31.2 Å². The molecule has 8 heteroatoms. The van der Waals surface area contributed by atoms with Gasteiger partial charge in [-0.2, -0.15) is 11.8 Å². The van der Waals surface area contributed by atoms with Gasteiger partial charge < -0.3 is 10.3 Å². The van der Waals surface area contributed by atoms with Gasteiger partial charge in [0.25, 0.3) is 0 Å². The first-order valence-electron chi connectivity index (χ1n) is 6.66. The molecule has 21 heavy (non-hydrogen) atoms. The summed E-state index contributed by atoms with van der Waals surface area (Å²) in [7, 11) is 0. The molecular formula is C13H26Cl2N4S2. The van der Waals surface area contributed by atoms with Crippen molar-refractivity contribution >= 4 is 53.5 Å². The van der Waals surface area contributed by atoms with E-state index >= 15 is 0 Å². The van der Waals surface area contributed by atoms with E-state index in [1.54, 1.807) is 18.1 Å². The van der Waals surface area contributed by atoms with E-state index in [4.69, 9.17) is 0 Å². The molecule has 2 N–H and O–H groups in total. The summed E-state index contributed by atoms with van der Waals surface area (Å²) in [6.07, 6.45) is 6.19. The lowest BCUT2D eigenvalue weighted by Crippen LogP contribution is -2.23. The lowest BCUT2D eigenvalue weighted by Gasteiger charge is -2.07. The van der Waals surface area contributed by atoms with Crippen LogP contribution < -0.4 is 5.32 Å². The zero-order valence-electron chi connectivity index (χ0n) is 12.8. The minimum Gasteiger partial charge on any atom is -0.364 e. The van der Waals surface area contributed by atoms with Crippen molar-refractivity contribution in [3.63, 3.8) is 0 Å². The number of aromatic amines is 1. The number of nitrogens with zero attached hydrogens (tertiary/aromatic N) is 2. The van der Waals surface area contributed by atoms with Crippen LogP contribution in [0.3, 0.4) is 0 Å². The quantitative estimate of drug-likeness (QED) is 0.412. The van der Waals surface area contributed by atoms with Crippen LogP contribution in [-0.4, -0.2) is 40.2 Å². The maximum Gasteiger partial charge on any atom is 0.156 e. The van der Waals surface area contributed by atoms with Crippen molar-refractivity contribution in [2.45, 2.75) is 32.4 Å². The average Bonchev–Trinajstić information content (AvgIpc) is 2.82. The first kappa shape index (κ1) is 23.2. The van der Waals surface area contributed by atoms with Crippen molar-refractivity contribution in [1.82, 2.24) is 15.3 Å². The summed E-state index contributed by atoms with van der Waals surface area (Å²) in [5.41, 5.74) is 2.33. The Morgan fingerprint density at radius 3 is 2.76 bits per heavy atom. The van der Waals surface area contributed by atoms with Crippen LogP contribution >= 0.6 is 48.3 Å². The van der Waals surface area contributed by atoms with E-state index in [9.17, 15) is 0 Å². The molecule has 0 saturated heterocycles. The molecule has 1 aromatic rings. The molecule has 4 nitrogen and oxygen atoms in total.